The molecule has 4 aromatic rings. The molecule has 0 atom stereocenters. The first-order valence-electron chi connectivity index (χ1n) is 11.0. The standard InChI is InChI=1S/C27H22ClN3O3S2/c28-25-15-21(24-10-4-5-11-26(24)36(33,34)30-19-29)12-13-22(25)18-31(17-20-7-2-1-3-8-20)27(32)16-23-9-6-14-35-23/h1-15,30H,16-18H2. The van der Waals surface area contributed by atoms with E-state index in [-0.39, 0.29) is 10.8 Å². The zero-order chi connectivity index (χ0) is 25.5. The Morgan fingerprint density at radius 3 is 2.42 bits per heavy atom. The Kier molecular flexibility index (Phi) is 8.06. The largest absolute Gasteiger partial charge is 0.334 e. The van der Waals surface area contributed by atoms with E-state index >= 15 is 0 Å². The Morgan fingerprint density at radius 2 is 1.72 bits per heavy atom. The molecule has 1 heterocycles. The van der Waals surface area contributed by atoms with Crippen molar-refractivity contribution in [3.8, 4) is 17.3 Å². The van der Waals surface area contributed by atoms with Gasteiger partial charge in [0.05, 0.1) is 11.3 Å². The number of rotatable bonds is 9. The summed E-state index contributed by atoms with van der Waals surface area (Å²) in [7, 11) is -4.01. The zero-order valence-corrected chi connectivity index (χ0v) is 21.5. The van der Waals surface area contributed by atoms with E-state index in [9.17, 15) is 13.2 Å². The van der Waals surface area contributed by atoms with Crippen molar-refractivity contribution >= 4 is 38.9 Å². The number of thiophene rings is 1. The lowest BCUT2D eigenvalue weighted by Crippen LogP contribution is -2.31. The molecule has 1 amide bonds. The van der Waals surface area contributed by atoms with Crippen molar-refractivity contribution in [2.24, 2.45) is 0 Å². The van der Waals surface area contributed by atoms with Gasteiger partial charge in [0.25, 0.3) is 10.0 Å². The van der Waals surface area contributed by atoms with Crippen molar-refractivity contribution in [2.45, 2.75) is 24.4 Å². The van der Waals surface area contributed by atoms with Gasteiger partial charge in [-0.2, -0.15) is 5.26 Å². The molecular formula is C27H22ClN3O3S2. The van der Waals surface area contributed by atoms with Crippen LogP contribution in [0, 0.1) is 11.5 Å². The molecule has 0 aliphatic rings. The summed E-state index contributed by atoms with van der Waals surface area (Å²) in [4.78, 5) is 16.0. The molecule has 0 bridgehead atoms. The summed E-state index contributed by atoms with van der Waals surface area (Å²) in [5.74, 6) is -0.0135. The summed E-state index contributed by atoms with van der Waals surface area (Å²) in [6.45, 7) is 0.734. The van der Waals surface area contributed by atoms with Gasteiger partial charge < -0.3 is 4.90 Å². The number of amides is 1. The van der Waals surface area contributed by atoms with Crippen molar-refractivity contribution in [3.05, 3.63) is 111 Å². The fourth-order valence-corrected chi connectivity index (χ4v) is 5.71. The van der Waals surface area contributed by atoms with Gasteiger partial charge >= 0.3 is 0 Å². The number of halogens is 1. The molecule has 36 heavy (non-hydrogen) atoms. The van der Waals surface area contributed by atoms with Crippen LogP contribution in [-0.4, -0.2) is 19.2 Å². The Hall–Kier alpha value is -3.64. The predicted molar refractivity (Wildman–Crippen MR) is 142 cm³/mol. The number of sulfonamides is 1. The zero-order valence-electron chi connectivity index (χ0n) is 19.1. The Labute approximate surface area is 219 Å². The fraction of sp³-hybridized carbons (Fsp3) is 0.111. The summed E-state index contributed by atoms with van der Waals surface area (Å²) < 4.78 is 26.8. The molecule has 0 spiro atoms. The molecule has 0 radical (unpaired) electrons. The van der Waals surface area contributed by atoms with E-state index in [2.05, 4.69) is 0 Å². The summed E-state index contributed by atoms with van der Waals surface area (Å²) in [6.07, 6.45) is 1.78. The highest BCUT2D eigenvalue weighted by Crippen LogP contribution is 2.31. The third kappa shape index (κ3) is 6.13. The minimum absolute atomic E-state index is 0.0135. The summed E-state index contributed by atoms with van der Waals surface area (Å²) in [5, 5.41) is 11.2. The van der Waals surface area contributed by atoms with Crippen LogP contribution in [0.4, 0.5) is 0 Å². The summed E-state index contributed by atoms with van der Waals surface area (Å²) in [5.41, 5.74) is 2.76. The lowest BCUT2D eigenvalue weighted by molar-refractivity contribution is -0.131. The minimum atomic E-state index is -4.01. The van der Waals surface area contributed by atoms with Crippen LogP contribution < -0.4 is 4.72 Å². The van der Waals surface area contributed by atoms with E-state index in [4.69, 9.17) is 16.9 Å². The number of nitrogens with one attached hydrogen (secondary N) is 1. The average Bonchev–Trinajstić information content (AvgIpc) is 3.38. The molecule has 0 saturated carbocycles. The summed E-state index contributed by atoms with van der Waals surface area (Å²) >= 11 is 8.19. The smallest absolute Gasteiger partial charge is 0.270 e. The van der Waals surface area contributed by atoms with Crippen molar-refractivity contribution in [1.82, 2.24) is 9.62 Å². The molecule has 0 aliphatic carbocycles. The van der Waals surface area contributed by atoms with Crippen molar-refractivity contribution in [2.75, 3.05) is 0 Å². The Morgan fingerprint density at radius 1 is 0.972 bits per heavy atom. The number of hydrogen-bond donors (Lipinski definition) is 1. The fourth-order valence-electron chi connectivity index (χ4n) is 3.81. The number of nitrogens with zero attached hydrogens (tertiary/aromatic N) is 2. The maximum absolute atomic E-state index is 13.2. The van der Waals surface area contributed by atoms with E-state index in [1.165, 1.54) is 12.3 Å². The molecule has 1 N–H and O–H groups in total. The first-order valence-corrected chi connectivity index (χ1v) is 13.7. The Balaban J connectivity index is 1.63. The first-order chi connectivity index (χ1) is 17.4. The van der Waals surface area contributed by atoms with E-state index in [0.717, 1.165) is 16.0 Å². The minimum Gasteiger partial charge on any atom is -0.334 e. The molecule has 182 valence electrons. The van der Waals surface area contributed by atoms with Crippen LogP contribution >= 0.6 is 22.9 Å². The number of nitriles is 1. The van der Waals surface area contributed by atoms with Crippen LogP contribution in [0.5, 0.6) is 0 Å². The van der Waals surface area contributed by atoms with Crippen LogP contribution in [-0.2, 0) is 34.3 Å². The van der Waals surface area contributed by atoms with E-state index in [1.54, 1.807) is 52.6 Å². The highest BCUT2D eigenvalue weighted by molar-refractivity contribution is 7.89. The second kappa shape index (κ2) is 11.4. The number of carbonyl (C=O) groups is 1. The van der Waals surface area contributed by atoms with Gasteiger partial charge in [-0.15, -0.1) is 11.3 Å². The lowest BCUT2D eigenvalue weighted by Gasteiger charge is -2.24. The first kappa shape index (κ1) is 25.5. The van der Waals surface area contributed by atoms with Gasteiger partial charge in [0.15, 0.2) is 6.19 Å². The van der Waals surface area contributed by atoms with E-state index in [1.807, 2.05) is 52.6 Å². The molecule has 9 heteroatoms. The molecule has 0 saturated heterocycles. The Bertz CT molecular complexity index is 1500. The maximum Gasteiger partial charge on any atom is 0.270 e. The van der Waals surface area contributed by atoms with Crippen LogP contribution in [0.1, 0.15) is 16.0 Å². The number of carbonyl (C=O) groups excluding carboxylic acids is 1. The highest BCUT2D eigenvalue weighted by Gasteiger charge is 2.21. The van der Waals surface area contributed by atoms with Crippen LogP contribution in [0.2, 0.25) is 5.02 Å². The van der Waals surface area contributed by atoms with Gasteiger partial charge in [-0.3, -0.25) is 4.79 Å². The monoisotopic (exact) mass is 535 g/mol. The van der Waals surface area contributed by atoms with Crippen molar-refractivity contribution in [3.63, 3.8) is 0 Å². The third-order valence-electron chi connectivity index (χ3n) is 5.56. The molecule has 0 aliphatic heterocycles. The van der Waals surface area contributed by atoms with Gasteiger partial charge in [0, 0.05) is 28.6 Å². The number of benzene rings is 3. The van der Waals surface area contributed by atoms with Crippen LogP contribution in [0.3, 0.4) is 0 Å². The van der Waals surface area contributed by atoms with Crippen molar-refractivity contribution in [1.29, 1.82) is 5.26 Å². The second-order valence-electron chi connectivity index (χ2n) is 8.01. The molecule has 0 unspecified atom stereocenters. The molecule has 4 rings (SSSR count). The highest BCUT2D eigenvalue weighted by atomic mass is 35.5. The quantitative estimate of drug-likeness (QED) is 0.223. The molecule has 1 aromatic heterocycles. The number of hydrogen-bond acceptors (Lipinski definition) is 5. The van der Waals surface area contributed by atoms with Gasteiger partial charge in [-0.25, -0.2) is 13.1 Å². The van der Waals surface area contributed by atoms with E-state index in [0.29, 0.717) is 35.7 Å². The average molecular weight is 536 g/mol. The van der Waals surface area contributed by atoms with Gasteiger partial charge in [0.1, 0.15) is 0 Å². The van der Waals surface area contributed by atoms with Crippen molar-refractivity contribution < 1.29 is 13.2 Å². The maximum atomic E-state index is 13.2. The molecule has 3 aromatic carbocycles. The molecule has 6 nitrogen and oxygen atoms in total. The topological polar surface area (TPSA) is 90.3 Å². The summed E-state index contributed by atoms with van der Waals surface area (Å²) in [6, 6.07) is 25.3. The third-order valence-corrected chi connectivity index (χ3v) is 8.08. The lowest BCUT2D eigenvalue weighted by atomic mass is 10.0. The predicted octanol–water partition coefficient (Wildman–Crippen LogP) is 5.60. The van der Waals surface area contributed by atoms with Gasteiger partial charge in [0.2, 0.25) is 5.91 Å². The van der Waals surface area contributed by atoms with Crippen LogP contribution in [0.25, 0.3) is 11.1 Å². The van der Waals surface area contributed by atoms with Gasteiger partial charge in [-0.1, -0.05) is 78.3 Å². The normalized spacial score (nSPS) is 11.0. The molecular weight excluding hydrogens is 514 g/mol. The second-order valence-corrected chi connectivity index (χ2v) is 11.1. The van der Waals surface area contributed by atoms with Gasteiger partial charge in [-0.05, 0) is 40.3 Å². The SMILES string of the molecule is N#CNS(=O)(=O)c1ccccc1-c1ccc(CN(Cc2ccccc2)C(=O)Cc2cccs2)c(Cl)c1. The van der Waals surface area contributed by atoms with E-state index < -0.39 is 10.0 Å². The van der Waals surface area contributed by atoms with Crippen LogP contribution in [0.15, 0.2) is 95.2 Å². The molecule has 0 fully saturated rings.